The van der Waals surface area contributed by atoms with E-state index < -0.39 is 0 Å². The maximum absolute atomic E-state index is 13.1. The van der Waals surface area contributed by atoms with Gasteiger partial charge in [0, 0.05) is 35.8 Å². The number of anilines is 1. The molecule has 2 heterocycles. The average Bonchev–Trinajstić information content (AvgIpc) is 3.09. The predicted octanol–water partition coefficient (Wildman–Crippen LogP) is 4.41. The van der Waals surface area contributed by atoms with Gasteiger partial charge >= 0.3 is 0 Å². The number of carbonyl (C=O) groups is 1. The van der Waals surface area contributed by atoms with Crippen LogP contribution in [0.15, 0.2) is 53.3 Å². The molecule has 1 aromatic carbocycles. The fourth-order valence-electron chi connectivity index (χ4n) is 2.75. The molecule has 0 fully saturated rings. The first-order chi connectivity index (χ1) is 12.0. The number of hydrogen-bond donors (Lipinski definition) is 0. The average molecular weight is 335 g/mol. The van der Waals surface area contributed by atoms with Gasteiger partial charge in [0.15, 0.2) is 11.5 Å². The van der Waals surface area contributed by atoms with E-state index in [0.717, 1.165) is 22.4 Å². The summed E-state index contributed by atoms with van der Waals surface area (Å²) in [6, 6.07) is 11.4. The summed E-state index contributed by atoms with van der Waals surface area (Å²) in [7, 11) is 0. The van der Waals surface area contributed by atoms with E-state index >= 15 is 0 Å². The van der Waals surface area contributed by atoms with E-state index in [9.17, 15) is 4.79 Å². The first kappa shape index (κ1) is 16.9. The molecule has 0 atom stereocenters. The molecule has 2 aromatic heterocycles. The van der Waals surface area contributed by atoms with Crippen molar-refractivity contribution in [2.75, 3.05) is 4.90 Å². The molecule has 5 heteroatoms. The van der Waals surface area contributed by atoms with Crippen molar-refractivity contribution in [3.63, 3.8) is 0 Å². The topological polar surface area (TPSA) is 59.2 Å². The molecule has 0 unspecified atom stereocenters. The summed E-state index contributed by atoms with van der Waals surface area (Å²) in [6.07, 6.45) is 3.37. The Kier molecular flexibility index (Phi) is 4.65. The number of benzene rings is 1. The normalized spacial score (nSPS) is 10.9. The summed E-state index contributed by atoms with van der Waals surface area (Å²) >= 11 is 0. The molecule has 0 N–H and O–H groups in total. The molecule has 0 saturated carbocycles. The number of nitrogens with zero attached hydrogens (tertiary/aromatic N) is 3. The molecule has 3 aromatic rings. The Balaban J connectivity index is 1.97. The molecule has 5 nitrogen and oxygen atoms in total. The van der Waals surface area contributed by atoms with Gasteiger partial charge in [-0.05, 0) is 57.0 Å². The van der Waals surface area contributed by atoms with Gasteiger partial charge in [-0.2, -0.15) is 0 Å². The van der Waals surface area contributed by atoms with Crippen LogP contribution in [-0.2, 0) is 0 Å². The van der Waals surface area contributed by atoms with Gasteiger partial charge in [-0.25, -0.2) is 0 Å². The Bertz CT molecular complexity index is 885. The van der Waals surface area contributed by atoms with Crippen molar-refractivity contribution in [3.05, 3.63) is 65.6 Å². The lowest BCUT2D eigenvalue weighted by molar-refractivity contribution is 0.0971. The number of aryl methyl sites for hydroxylation is 2. The molecule has 1 amide bonds. The van der Waals surface area contributed by atoms with Crippen LogP contribution in [0.4, 0.5) is 5.69 Å². The van der Waals surface area contributed by atoms with Crippen molar-refractivity contribution in [1.82, 2.24) is 10.1 Å². The van der Waals surface area contributed by atoms with Crippen LogP contribution in [0.5, 0.6) is 0 Å². The van der Waals surface area contributed by atoms with E-state index in [-0.39, 0.29) is 17.6 Å². The first-order valence-electron chi connectivity index (χ1n) is 8.25. The van der Waals surface area contributed by atoms with Crippen LogP contribution in [0.2, 0.25) is 0 Å². The molecule has 0 spiro atoms. The van der Waals surface area contributed by atoms with Gasteiger partial charge in [0.2, 0.25) is 0 Å². The molecule has 0 bridgehead atoms. The second-order valence-corrected chi connectivity index (χ2v) is 6.38. The summed E-state index contributed by atoms with van der Waals surface area (Å²) in [4.78, 5) is 18.9. The third kappa shape index (κ3) is 3.45. The van der Waals surface area contributed by atoms with Crippen LogP contribution in [0.3, 0.4) is 0 Å². The highest BCUT2D eigenvalue weighted by Crippen LogP contribution is 2.27. The maximum atomic E-state index is 13.1. The standard InChI is InChI=1S/C20H21N3O2/c1-13(2)23(18-10-14(3)7-8-15(18)4)20(24)17-11-19(25-22-17)16-6-5-9-21-12-16/h5-13H,1-4H3. The lowest BCUT2D eigenvalue weighted by Gasteiger charge is -2.27. The molecule has 128 valence electrons. The molecule has 3 rings (SSSR count). The molecule has 0 saturated heterocycles. The van der Waals surface area contributed by atoms with Gasteiger partial charge in [0.05, 0.1) is 0 Å². The Hall–Kier alpha value is -2.95. The highest BCUT2D eigenvalue weighted by molar-refractivity contribution is 6.06. The molecule has 0 aliphatic carbocycles. The van der Waals surface area contributed by atoms with Gasteiger partial charge in [0.1, 0.15) is 0 Å². The van der Waals surface area contributed by atoms with Crippen LogP contribution in [0, 0.1) is 13.8 Å². The van der Waals surface area contributed by atoms with Gasteiger partial charge < -0.3 is 9.42 Å². The Labute approximate surface area is 147 Å². The number of carbonyl (C=O) groups excluding carboxylic acids is 1. The van der Waals surface area contributed by atoms with E-state index in [1.165, 1.54) is 0 Å². The summed E-state index contributed by atoms with van der Waals surface area (Å²) in [5.74, 6) is 0.351. The van der Waals surface area contributed by atoms with E-state index in [0.29, 0.717) is 5.76 Å². The van der Waals surface area contributed by atoms with Crippen LogP contribution < -0.4 is 4.90 Å². The zero-order valence-corrected chi connectivity index (χ0v) is 14.9. The molecule has 0 aliphatic rings. The number of aromatic nitrogens is 2. The minimum absolute atomic E-state index is 0.00783. The molecular formula is C20H21N3O2. The smallest absolute Gasteiger partial charge is 0.280 e. The van der Waals surface area contributed by atoms with Crippen molar-refractivity contribution in [1.29, 1.82) is 0 Å². The van der Waals surface area contributed by atoms with E-state index in [4.69, 9.17) is 4.52 Å². The first-order valence-corrected chi connectivity index (χ1v) is 8.25. The number of rotatable bonds is 4. The summed E-state index contributed by atoms with van der Waals surface area (Å²) in [5.41, 5.74) is 4.12. The minimum Gasteiger partial charge on any atom is -0.355 e. The van der Waals surface area contributed by atoms with Gasteiger partial charge in [-0.3, -0.25) is 9.78 Å². The molecule has 0 aliphatic heterocycles. The Morgan fingerprint density at radius 2 is 1.96 bits per heavy atom. The van der Waals surface area contributed by atoms with Gasteiger partial charge in [-0.15, -0.1) is 0 Å². The largest absolute Gasteiger partial charge is 0.355 e. The van der Waals surface area contributed by atoms with E-state index in [1.807, 2.05) is 58.0 Å². The number of pyridine rings is 1. The van der Waals surface area contributed by atoms with Crippen molar-refractivity contribution >= 4 is 11.6 Å². The van der Waals surface area contributed by atoms with Crippen molar-refractivity contribution in [3.8, 4) is 11.3 Å². The molecule has 25 heavy (non-hydrogen) atoms. The second-order valence-electron chi connectivity index (χ2n) is 6.38. The summed E-state index contributed by atoms with van der Waals surface area (Å²) in [5, 5.41) is 3.98. The SMILES string of the molecule is Cc1ccc(C)c(N(C(=O)c2cc(-c3cccnc3)on2)C(C)C)c1. The lowest BCUT2D eigenvalue weighted by Crippen LogP contribution is -2.37. The highest BCUT2D eigenvalue weighted by Gasteiger charge is 2.25. The fourth-order valence-corrected chi connectivity index (χ4v) is 2.75. The third-order valence-electron chi connectivity index (χ3n) is 4.03. The van der Waals surface area contributed by atoms with Gasteiger partial charge in [-0.1, -0.05) is 17.3 Å². The summed E-state index contributed by atoms with van der Waals surface area (Å²) < 4.78 is 5.35. The maximum Gasteiger partial charge on any atom is 0.280 e. The fraction of sp³-hybridized carbons (Fsp3) is 0.250. The minimum atomic E-state index is -0.178. The number of amides is 1. The van der Waals surface area contributed by atoms with Gasteiger partial charge in [0.25, 0.3) is 5.91 Å². The number of hydrogen-bond acceptors (Lipinski definition) is 4. The molecular weight excluding hydrogens is 314 g/mol. The zero-order valence-electron chi connectivity index (χ0n) is 14.9. The zero-order chi connectivity index (χ0) is 18.0. The van der Waals surface area contributed by atoms with Crippen LogP contribution >= 0.6 is 0 Å². The Morgan fingerprint density at radius 1 is 1.16 bits per heavy atom. The lowest BCUT2D eigenvalue weighted by atomic mass is 10.1. The van der Waals surface area contributed by atoms with Crippen molar-refractivity contribution < 1.29 is 9.32 Å². The highest BCUT2D eigenvalue weighted by atomic mass is 16.5. The predicted molar refractivity (Wildman–Crippen MR) is 97.6 cm³/mol. The third-order valence-corrected chi connectivity index (χ3v) is 4.03. The van der Waals surface area contributed by atoms with E-state index in [2.05, 4.69) is 10.1 Å². The second kappa shape index (κ2) is 6.89. The van der Waals surface area contributed by atoms with Crippen LogP contribution in [0.25, 0.3) is 11.3 Å². The monoisotopic (exact) mass is 335 g/mol. The van der Waals surface area contributed by atoms with Crippen molar-refractivity contribution in [2.45, 2.75) is 33.7 Å². The Morgan fingerprint density at radius 3 is 2.64 bits per heavy atom. The summed E-state index contributed by atoms with van der Waals surface area (Å²) in [6.45, 7) is 7.99. The molecule has 0 radical (unpaired) electrons. The quantitative estimate of drug-likeness (QED) is 0.708. The van der Waals surface area contributed by atoms with Crippen LogP contribution in [0.1, 0.15) is 35.5 Å². The van der Waals surface area contributed by atoms with E-state index in [1.54, 1.807) is 23.4 Å². The van der Waals surface area contributed by atoms with Crippen molar-refractivity contribution in [2.24, 2.45) is 0 Å². The van der Waals surface area contributed by atoms with Crippen LogP contribution in [-0.4, -0.2) is 22.1 Å².